The van der Waals surface area contributed by atoms with Crippen molar-refractivity contribution in [2.75, 3.05) is 38.7 Å². The Hall–Kier alpha value is -2.75. The molecule has 1 aromatic rings. The van der Waals surface area contributed by atoms with Gasteiger partial charge in [-0.1, -0.05) is 24.3 Å². The van der Waals surface area contributed by atoms with E-state index >= 15 is 0 Å². The quantitative estimate of drug-likeness (QED) is 0.256. The van der Waals surface area contributed by atoms with Crippen molar-refractivity contribution in [3.8, 4) is 0 Å². The second kappa shape index (κ2) is 14.9. The molecule has 1 aliphatic carbocycles. The van der Waals surface area contributed by atoms with Gasteiger partial charge in [0.15, 0.2) is 0 Å². The summed E-state index contributed by atoms with van der Waals surface area (Å²) in [5.41, 5.74) is 1.75. The van der Waals surface area contributed by atoms with Gasteiger partial charge < -0.3 is 24.3 Å². The predicted octanol–water partition coefficient (Wildman–Crippen LogP) is 3.47. The number of nitrogens with zero attached hydrogens (tertiary/aromatic N) is 1. The molecular weight excluding hydrogens is 476 g/mol. The van der Waals surface area contributed by atoms with E-state index in [2.05, 4.69) is 22.4 Å². The van der Waals surface area contributed by atoms with Gasteiger partial charge in [0.1, 0.15) is 6.10 Å². The van der Waals surface area contributed by atoms with Gasteiger partial charge in [0, 0.05) is 51.4 Å². The topological polar surface area (TPSA) is 103 Å². The van der Waals surface area contributed by atoms with Crippen molar-refractivity contribution >= 4 is 23.5 Å². The number of methoxy groups -OCH3 is 1. The van der Waals surface area contributed by atoms with E-state index in [4.69, 9.17) is 18.9 Å². The second-order valence-corrected chi connectivity index (χ2v) is 9.59. The number of unbranched alkanes of at least 4 members (excludes halogenated alkanes) is 1. The maximum Gasteiger partial charge on any atom is 0.305 e. The van der Waals surface area contributed by atoms with E-state index in [1.165, 1.54) is 21.0 Å². The molecule has 1 heterocycles. The van der Waals surface area contributed by atoms with Gasteiger partial charge in [-0.3, -0.25) is 19.3 Å². The first kappa shape index (κ1) is 28.8. The van der Waals surface area contributed by atoms with Gasteiger partial charge in [-0.2, -0.15) is 0 Å². The highest BCUT2D eigenvalue weighted by atomic mass is 16.5. The molecule has 2 fully saturated rings. The average molecular weight is 517 g/mol. The third-order valence-corrected chi connectivity index (χ3v) is 6.84. The van der Waals surface area contributed by atoms with Crippen molar-refractivity contribution in [1.82, 2.24) is 4.90 Å². The van der Waals surface area contributed by atoms with Crippen LogP contribution >= 0.6 is 0 Å². The van der Waals surface area contributed by atoms with E-state index in [1.807, 2.05) is 24.3 Å². The first-order valence-corrected chi connectivity index (χ1v) is 13.1. The lowest BCUT2D eigenvalue weighted by Gasteiger charge is -2.38. The number of morpholine rings is 1. The zero-order chi connectivity index (χ0) is 26.6. The first-order chi connectivity index (χ1) is 17.9. The fraction of sp³-hybridized carbons (Fsp3) is 0.607. The maximum absolute atomic E-state index is 12.0. The number of carbonyl (C=O) groups excluding carboxylic acids is 3. The van der Waals surface area contributed by atoms with Crippen LogP contribution in [0.15, 0.2) is 36.4 Å². The molecular formula is C28H40N2O7. The summed E-state index contributed by atoms with van der Waals surface area (Å²) < 4.78 is 22.5. The number of hydrogen-bond acceptors (Lipinski definition) is 8. The van der Waals surface area contributed by atoms with Crippen LogP contribution in [-0.4, -0.2) is 74.4 Å². The molecule has 0 radical (unpaired) electrons. The summed E-state index contributed by atoms with van der Waals surface area (Å²) in [5.74, 6) is -0.450. The van der Waals surface area contributed by atoms with Gasteiger partial charge in [-0.15, -0.1) is 0 Å². The Bertz CT molecular complexity index is 912. The number of benzene rings is 1. The molecule has 1 N–H and O–H groups in total. The highest BCUT2D eigenvalue weighted by molar-refractivity contribution is 5.88. The summed E-state index contributed by atoms with van der Waals surface area (Å²) in [5, 5.41) is 2.77. The Kier molecular flexibility index (Phi) is 11.6. The summed E-state index contributed by atoms with van der Waals surface area (Å²) in [6, 6.07) is 7.65. The van der Waals surface area contributed by atoms with E-state index in [0.29, 0.717) is 32.7 Å². The number of anilines is 1. The smallest absolute Gasteiger partial charge is 0.305 e. The molecule has 0 unspecified atom stereocenters. The Morgan fingerprint density at radius 2 is 1.81 bits per heavy atom. The Balaban J connectivity index is 1.69. The third kappa shape index (κ3) is 9.25. The first-order valence-electron chi connectivity index (χ1n) is 13.1. The number of amides is 1. The van der Waals surface area contributed by atoms with Crippen LogP contribution in [0.4, 0.5) is 5.69 Å². The molecule has 1 aromatic carbocycles. The average Bonchev–Trinajstić information content (AvgIpc) is 3.21. The largest absolute Gasteiger partial charge is 0.469 e. The van der Waals surface area contributed by atoms with Crippen LogP contribution in [0, 0.1) is 5.92 Å². The van der Waals surface area contributed by atoms with Crippen molar-refractivity contribution < 1.29 is 33.3 Å². The van der Waals surface area contributed by atoms with E-state index in [-0.39, 0.29) is 42.0 Å². The minimum Gasteiger partial charge on any atom is -0.469 e. The van der Waals surface area contributed by atoms with Crippen molar-refractivity contribution in [1.29, 1.82) is 0 Å². The van der Waals surface area contributed by atoms with E-state index in [9.17, 15) is 14.4 Å². The Morgan fingerprint density at radius 3 is 2.46 bits per heavy atom. The van der Waals surface area contributed by atoms with Crippen LogP contribution in [0.2, 0.25) is 0 Å². The van der Waals surface area contributed by atoms with Crippen LogP contribution in [0.5, 0.6) is 0 Å². The van der Waals surface area contributed by atoms with Crippen LogP contribution in [0.3, 0.4) is 0 Å². The molecule has 1 saturated heterocycles. The molecule has 9 nitrogen and oxygen atoms in total. The summed E-state index contributed by atoms with van der Waals surface area (Å²) >= 11 is 0. The number of esters is 2. The molecule has 1 amide bonds. The fourth-order valence-corrected chi connectivity index (χ4v) is 5.16. The van der Waals surface area contributed by atoms with Crippen molar-refractivity contribution in [2.45, 2.75) is 70.8 Å². The second-order valence-electron chi connectivity index (χ2n) is 9.59. The van der Waals surface area contributed by atoms with Gasteiger partial charge in [-0.25, -0.2) is 0 Å². The van der Waals surface area contributed by atoms with Gasteiger partial charge >= 0.3 is 11.9 Å². The minimum absolute atomic E-state index is 0.0414. The van der Waals surface area contributed by atoms with E-state index in [0.717, 1.165) is 43.6 Å². The third-order valence-electron chi connectivity index (χ3n) is 6.84. The monoisotopic (exact) mass is 516 g/mol. The SMILES string of the molecule is COC(=O)CCCC=CC[C@H]1[C@H](N2CCOCC2)[C@@H](OC(C)=O)C[C@H]1OCc1ccc(NC(C)=O)cc1. The van der Waals surface area contributed by atoms with Crippen LogP contribution < -0.4 is 5.32 Å². The zero-order valence-corrected chi connectivity index (χ0v) is 22.1. The number of nitrogens with one attached hydrogen (secondary N) is 1. The van der Waals surface area contributed by atoms with Crippen molar-refractivity contribution in [3.63, 3.8) is 0 Å². The molecule has 37 heavy (non-hydrogen) atoms. The molecule has 4 atom stereocenters. The number of allylic oxidation sites excluding steroid dienone is 2. The minimum atomic E-state index is -0.283. The molecule has 1 aliphatic heterocycles. The summed E-state index contributed by atoms with van der Waals surface area (Å²) in [4.78, 5) is 37.0. The number of ether oxygens (including phenoxy) is 4. The van der Waals surface area contributed by atoms with Crippen LogP contribution in [0.25, 0.3) is 0 Å². The zero-order valence-electron chi connectivity index (χ0n) is 22.1. The molecule has 0 spiro atoms. The Labute approximate surface area is 219 Å². The normalized spacial score (nSPS) is 24.2. The summed E-state index contributed by atoms with van der Waals surface area (Å²) in [6.07, 6.45) is 7.28. The molecule has 3 rings (SSSR count). The lowest BCUT2D eigenvalue weighted by atomic mass is 9.94. The van der Waals surface area contributed by atoms with Gasteiger partial charge in [0.2, 0.25) is 5.91 Å². The molecule has 2 aliphatic rings. The lowest BCUT2D eigenvalue weighted by Crippen LogP contribution is -2.51. The highest BCUT2D eigenvalue weighted by Gasteiger charge is 2.48. The summed E-state index contributed by atoms with van der Waals surface area (Å²) in [7, 11) is 1.40. The van der Waals surface area contributed by atoms with Gasteiger partial charge in [0.05, 0.1) is 39.1 Å². The standard InChI is InChI=1S/C28H40N2O7/c1-20(31)29-23-12-10-22(11-13-23)19-36-25-18-26(37-21(2)32)28(30-14-16-35-17-15-30)24(25)8-6-4-5-7-9-27(33)34-3/h4,6,10-13,24-26,28H,5,7-9,14-19H2,1-3H3,(H,29,31)/t24-,25-,26+,28+/m1/s1. The predicted molar refractivity (Wildman–Crippen MR) is 139 cm³/mol. The van der Waals surface area contributed by atoms with E-state index < -0.39 is 0 Å². The maximum atomic E-state index is 12.0. The van der Waals surface area contributed by atoms with Crippen molar-refractivity contribution in [3.05, 3.63) is 42.0 Å². The van der Waals surface area contributed by atoms with Gasteiger partial charge in [0.25, 0.3) is 0 Å². The molecule has 9 heteroatoms. The van der Waals surface area contributed by atoms with Crippen LogP contribution in [-0.2, 0) is 39.9 Å². The molecule has 0 bridgehead atoms. The van der Waals surface area contributed by atoms with Crippen LogP contribution in [0.1, 0.15) is 51.5 Å². The van der Waals surface area contributed by atoms with Crippen molar-refractivity contribution in [2.24, 2.45) is 5.92 Å². The van der Waals surface area contributed by atoms with E-state index in [1.54, 1.807) is 0 Å². The molecule has 1 saturated carbocycles. The lowest BCUT2D eigenvalue weighted by molar-refractivity contribution is -0.150. The molecule has 204 valence electrons. The highest BCUT2D eigenvalue weighted by Crippen LogP contribution is 2.38. The Morgan fingerprint density at radius 1 is 1.08 bits per heavy atom. The number of hydrogen-bond donors (Lipinski definition) is 1. The molecule has 0 aromatic heterocycles. The van der Waals surface area contributed by atoms with Gasteiger partial charge in [-0.05, 0) is 37.0 Å². The number of carbonyl (C=O) groups is 3. The fourth-order valence-electron chi connectivity index (χ4n) is 5.16. The number of rotatable bonds is 12. The summed E-state index contributed by atoms with van der Waals surface area (Å²) in [6.45, 7) is 6.26.